The Bertz CT molecular complexity index is 542. The predicted octanol–water partition coefficient (Wildman–Crippen LogP) is 0.339. The Kier molecular flexibility index (Phi) is 4.74. The lowest BCUT2D eigenvalue weighted by Crippen LogP contribution is -2.48. The first-order valence-corrected chi connectivity index (χ1v) is 6.66. The van der Waals surface area contributed by atoms with Gasteiger partial charge in [-0.15, -0.1) is 0 Å². The van der Waals surface area contributed by atoms with Crippen LogP contribution in [0.2, 0.25) is 0 Å². The van der Waals surface area contributed by atoms with Gasteiger partial charge in [0.15, 0.2) is 6.61 Å². The molecular formula is C14H18FN3O3. The second-order valence-corrected chi connectivity index (χ2v) is 5.00. The molecule has 1 heterocycles. The number of piperazine rings is 1. The van der Waals surface area contributed by atoms with Crippen LogP contribution in [0.3, 0.4) is 0 Å². The van der Waals surface area contributed by atoms with Gasteiger partial charge in [-0.05, 0) is 25.2 Å². The van der Waals surface area contributed by atoms with Crippen molar-refractivity contribution in [1.82, 2.24) is 9.80 Å². The molecule has 1 aromatic carbocycles. The molecule has 1 aliphatic rings. The van der Waals surface area contributed by atoms with E-state index < -0.39 is 11.8 Å². The number of anilines is 1. The molecule has 2 N–H and O–H groups in total. The lowest BCUT2D eigenvalue weighted by Gasteiger charge is -2.32. The van der Waals surface area contributed by atoms with E-state index in [2.05, 4.69) is 4.90 Å². The van der Waals surface area contributed by atoms with E-state index >= 15 is 0 Å². The van der Waals surface area contributed by atoms with Crippen molar-refractivity contribution in [1.29, 1.82) is 0 Å². The number of hydrogen-bond donors (Lipinski definition) is 1. The van der Waals surface area contributed by atoms with Gasteiger partial charge in [0.05, 0.1) is 11.3 Å². The second-order valence-electron chi connectivity index (χ2n) is 5.00. The molecule has 2 rings (SSSR count). The molecule has 0 unspecified atom stereocenters. The number of nitrogens with two attached hydrogens (primary N) is 1. The molecule has 0 aliphatic carbocycles. The van der Waals surface area contributed by atoms with Gasteiger partial charge in [0.2, 0.25) is 0 Å². The van der Waals surface area contributed by atoms with Crippen LogP contribution in [0.5, 0.6) is 0 Å². The summed E-state index contributed by atoms with van der Waals surface area (Å²) in [6.07, 6.45) is 0. The van der Waals surface area contributed by atoms with Crippen LogP contribution in [0.4, 0.5) is 10.1 Å². The van der Waals surface area contributed by atoms with Gasteiger partial charge in [-0.25, -0.2) is 9.18 Å². The number of benzene rings is 1. The highest BCUT2D eigenvalue weighted by Gasteiger charge is 2.20. The Morgan fingerprint density at radius 1 is 1.29 bits per heavy atom. The molecule has 0 spiro atoms. The third-order valence-electron chi connectivity index (χ3n) is 3.41. The molecule has 1 amide bonds. The Morgan fingerprint density at radius 2 is 1.95 bits per heavy atom. The summed E-state index contributed by atoms with van der Waals surface area (Å²) < 4.78 is 18.0. The summed E-state index contributed by atoms with van der Waals surface area (Å²) >= 11 is 0. The zero-order chi connectivity index (χ0) is 15.4. The fraction of sp³-hybridized carbons (Fsp3) is 0.429. The number of carbonyl (C=O) groups is 2. The van der Waals surface area contributed by atoms with Gasteiger partial charge in [0.1, 0.15) is 5.82 Å². The molecule has 1 aromatic rings. The first kappa shape index (κ1) is 15.2. The van der Waals surface area contributed by atoms with Crippen LogP contribution < -0.4 is 5.73 Å². The first-order valence-electron chi connectivity index (χ1n) is 6.66. The largest absolute Gasteiger partial charge is 0.452 e. The standard InChI is InChI=1S/C14H18FN3O3/c1-17-4-6-18(7-5-17)13(19)9-21-14(20)10-2-3-11(15)12(16)8-10/h2-3,8H,4-7,9,16H2,1H3. The van der Waals surface area contributed by atoms with Gasteiger partial charge in [-0.3, -0.25) is 4.79 Å². The average Bonchev–Trinajstić information content (AvgIpc) is 2.48. The maximum Gasteiger partial charge on any atom is 0.338 e. The molecule has 0 saturated carbocycles. The van der Waals surface area contributed by atoms with Crippen LogP contribution in [0.25, 0.3) is 0 Å². The Morgan fingerprint density at radius 3 is 2.57 bits per heavy atom. The minimum Gasteiger partial charge on any atom is -0.452 e. The molecule has 0 bridgehead atoms. The van der Waals surface area contributed by atoms with Gasteiger partial charge in [0, 0.05) is 26.2 Å². The van der Waals surface area contributed by atoms with Gasteiger partial charge in [-0.2, -0.15) is 0 Å². The lowest BCUT2D eigenvalue weighted by molar-refractivity contribution is -0.136. The monoisotopic (exact) mass is 295 g/mol. The van der Waals surface area contributed by atoms with E-state index in [9.17, 15) is 14.0 Å². The summed E-state index contributed by atoms with van der Waals surface area (Å²) in [4.78, 5) is 27.5. The summed E-state index contributed by atoms with van der Waals surface area (Å²) in [6, 6.07) is 3.56. The number of amides is 1. The Balaban J connectivity index is 1.86. The molecule has 0 atom stereocenters. The fourth-order valence-corrected chi connectivity index (χ4v) is 2.03. The quantitative estimate of drug-likeness (QED) is 0.643. The highest BCUT2D eigenvalue weighted by Crippen LogP contribution is 2.13. The van der Waals surface area contributed by atoms with Gasteiger partial charge < -0.3 is 20.3 Å². The summed E-state index contributed by atoms with van der Waals surface area (Å²) in [5.74, 6) is -1.52. The minimum absolute atomic E-state index is 0.125. The molecule has 7 heteroatoms. The van der Waals surface area contributed by atoms with Crippen molar-refractivity contribution in [2.45, 2.75) is 0 Å². The van der Waals surface area contributed by atoms with Gasteiger partial charge >= 0.3 is 5.97 Å². The summed E-state index contributed by atoms with van der Waals surface area (Å²) in [5, 5.41) is 0. The highest BCUT2D eigenvalue weighted by atomic mass is 19.1. The summed E-state index contributed by atoms with van der Waals surface area (Å²) in [6.45, 7) is 2.52. The van der Waals surface area contributed by atoms with E-state index in [1.54, 1.807) is 4.90 Å². The first-order chi connectivity index (χ1) is 9.97. The number of ether oxygens (including phenoxy) is 1. The Labute approximate surface area is 122 Å². The topological polar surface area (TPSA) is 75.9 Å². The number of hydrogen-bond acceptors (Lipinski definition) is 5. The second kappa shape index (κ2) is 6.53. The lowest BCUT2D eigenvalue weighted by atomic mass is 10.2. The van der Waals surface area contributed by atoms with E-state index in [4.69, 9.17) is 10.5 Å². The highest BCUT2D eigenvalue weighted by molar-refractivity contribution is 5.92. The van der Waals surface area contributed by atoms with E-state index in [0.717, 1.165) is 19.2 Å². The third-order valence-corrected chi connectivity index (χ3v) is 3.41. The van der Waals surface area contributed by atoms with Crippen molar-refractivity contribution in [3.63, 3.8) is 0 Å². The van der Waals surface area contributed by atoms with E-state index in [1.807, 2.05) is 7.05 Å². The van der Waals surface area contributed by atoms with E-state index in [0.29, 0.717) is 13.1 Å². The van der Waals surface area contributed by atoms with E-state index in [-0.39, 0.29) is 23.8 Å². The normalized spacial score (nSPS) is 15.8. The predicted molar refractivity (Wildman–Crippen MR) is 75.2 cm³/mol. The van der Waals surface area contributed by atoms with Crippen LogP contribution in [0.1, 0.15) is 10.4 Å². The molecule has 114 valence electrons. The molecule has 0 aromatic heterocycles. The average molecular weight is 295 g/mol. The van der Waals surface area contributed by atoms with Crippen LogP contribution in [0, 0.1) is 5.82 Å². The molecule has 0 radical (unpaired) electrons. The van der Waals surface area contributed by atoms with Crippen molar-refractivity contribution >= 4 is 17.6 Å². The zero-order valence-electron chi connectivity index (χ0n) is 11.8. The molecule has 1 fully saturated rings. The maximum absolute atomic E-state index is 13.0. The van der Waals surface area contributed by atoms with Gasteiger partial charge in [0.25, 0.3) is 5.91 Å². The van der Waals surface area contributed by atoms with E-state index in [1.165, 1.54) is 12.1 Å². The van der Waals surface area contributed by atoms with Crippen molar-refractivity contribution < 1.29 is 18.7 Å². The minimum atomic E-state index is -0.691. The maximum atomic E-state index is 13.0. The molecule has 1 aliphatic heterocycles. The number of nitrogens with zero attached hydrogens (tertiary/aromatic N) is 2. The molecule has 1 saturated heterocycles. The SMILES string of the molecule is CN1CCN(C(=O)COC(=O)c2ccc(F)c(N)c2)CC1. The number of nitrogen functional groups attached to an aromatic ring is 1. The molecule has 6 nitrogen and oxygen atoms in total. The zero-order valence-corrected chi connectivity index (χ0v) is 11.8. The number of carbonyl (C=O) groups excluding carboxylic acids is 2. The molecular weight excluding hydrogens is 277 g/mol. The van der Waals surface area contributed by atoms with Crippen molar-refractivity contribution in [2.24, 2.45) is 0 Å². The van der Waals surface area contributed by atoms with Crippen molar-refractivity contribution in [3.8, 4) is 0 Å². The van der Waals surface area contributed by atoms with Crippen LogP contribution >= 0.6 is 0 Å². The Hall–Kier alpha value is -2.15. The van der Waals surface area contributed by atoms with Crippen LogP contribution in [-0.4, -0.2) is 61.5 Å². The van der Waals surface area contributed by atoms with Crippen molar-refractivity contribution in [3.05, 3.63) is 29.6 Å². The number of rotatable bonds is 3. The third kappa shape index (κ3) is 3.91. The summed E-state index contributed by atoms with van der Waals surface area (Å²) in [7, 11) is 1.99. The van der Waals surface area contributed by atoms with Crippen LogP contribution in [0.15, 0.2) is 18.2 Å². The number of esters is 1. The molecule has 21 heavy (non-hydrogen) atoms. The van der Waals surface area contributed by atoms with Crippen molar-refractivity contribution in [2.75, 3.05) is 45.6 Å². The number of likely N-dealkylation sites (N-methyl/N-ethyl adjacent to an activating group) is 1. The fourth-order valence-electron chi connectivity index (χ4n) is 2.03. The van der Waals surface area contributed by atoms with Crippen LogP contribution in [-0.2, 0) is 9.53 Å². The number of halogens is 1. The summed E-state index contributed by atoms with van der Waals surface area (Å²) in [5.41, 5.74) is 5.38. The smallest absolute Gasteiger partial charge is 0.338 e. The van der Waals surface area contributed by atoms with Gasteiger partial charge in [-0.1, -0.05) is 0 Å².